The summed E-state index contributed by atoms with van der Waals surface area (Å²) in [6, 6.07) is 70.5. The first-order chi connectivity index (χ1) is 31.3. The lowest BCUT2D eigenvalue weighted by Gasteiger charge is -2.35. The van der Waals surface area contributed by atoms with E-state index in [1.165, 1.54) is 56.3 Å². The third-order valence-corrected chi connectivity index (χ3v) is 12.4. The van der Waals surface area contributed by atoms with Crippen molar-refractivity contribution in [1.82, 2.24) is 0 Å². The van der Waals surface area contributed by atoms with Crippen LogP contribution in [0.1, 0.15) is 36.3 Å². The van der Waals surface area contributed by atoms with Crippen LogP contribution in [0, 0.1) is 0 Å². The van der Waals surface area contributed by atoms with Crippen molar-refractivity contribution >= 4 is 39.7 Å². The maximum absolute atomic E-state index is 2.54. The molecule has 3 heteroatoms. The van der Waals surface area contributed by atoms with E-state index in [-0.39, 0.29) is 12.1 Å². The van der Waals surface area contributed by atoms with Gasteiger partial charge < -0.3 is 14.7 Å². The first kappa shape index (κ1) is 39.5. The van der Waals surface area contributed by atoms with Crippen LogP contribution in [-0.2, 0) is 0 Å². The van der Waals surface area contributed by atoms with E-state index in [0.717, 1.165) is 30.6 Å². The van der Waals surface area contributed by atoms with Crippen molar-refractivity contribution in [1.29, 1.82) is 0 Å². The van der Waals surface area contributed by atoms with E-state index in [1.54, 1.807) is 0 Å². The summed E-state index contributed by atoms with van der Waals surface area (Å²) in [4.78, 5) is 7.33. The van der Waals surface area contributed by atoms with Crippen LogP contribution >= 0.6 is 0 Å². The first-order valence-corrected chi connectivity index (χ1v) is 22.3. The van der Waals surface area contributed by atoms with Gasteiger partial charge in [-0.25, -0.2) is 0 Å². The molecule has 7 aromatic rings. The zero-order valence-corrected chi connectivity index (χ0v) is 35.4. The monoisotopic (exact) mass is 813 g/mol. The van der Waals surface area contributed by atoms with E-state index < -0.39 is 0 Å². The van der Waals surface area contributed by atoms with Crippen LogP contribution in [0.3, 0.4) is 0 Å². The number of nitrogens with zero attached hydrogens (tertiary/aromatic N) is 3. The molecule has 306 valence electrons. The van der Waals surface area contributed by atoms with Crippen molar-refractivity contribution in [3.63, 3.8) is 0 Å². The molecule has 10 rings (SSSR count). The zero-order valence-electron chi connectivity index (χ0n) is 35.4. The lowest BCUT2D eigenvalue weighted by Crippen LogP contribution is -2.30. The molecule has 3 atom stereocenters. The number of allylic oxidation sites excluding steroid dienone is 7. The average Bonchev–Trinajstić information content (AvgIpc) is 3.37. The molecular weight excluding hydrogens is 763 g/mol. The Balaban J connectivity index is 0.914. The van der Waals surface area contributed by atoms with Crippen molar-refractivity contribution in [3.05, 3.63) is 272 Å². The Morgan fingerprint density at radius 2 is 0.952 bits per heavy atom. The Morgan fingerprint density at radius 1 is 0.381 bits per heavy atom. The van der Waals surface area contributed by atoms with Gasteiger partial charge in [0.2, 0.25) is 0 Å². The fourth-order valence-electron chi connectivity index (χ4n) is 9.27. The summed E-state index contributed by atoms with van der Waals surface area (Å²) >= 11 is 0. The molecule has 0 heterocycles. The van der Waals surface area contributed by atoms with E-state index in [4.69, 9.17) is 0 Å². The SMILES string of the molecule is C1=CCC(N(c2ccccc2)c2ccc(C3=CCC(N(c4ccc(C5C=CC(N(c6ccccc6)c6ccccc6)=CC5)cc4)c4ccccc4-c4ccccc4)C=C3)cc2)C=C1. The van der Waals surface area contributed by atoms with Crippen molar-refractivity contribution < 1.29 is 0 Å². The molecule has 0 N–H and O–H groups in total. The minimum atomic E-state index is 0.130. The maximum atomic E-state index is 2.54. The molecule has 0 saturated heterocycles. The maximum Gasteiger partial charge on any atom is 0.0560 e. The van der Waals surface area contributed by atoms with Gasteiger partial charge in [-0.15, -0.1) is 0 Å². The number of hydrogen-bond acceptors (Lipinski definition) is 3. The van der Waals surface area contributed by atoms with Gasteiger partial charge >= 0.3 is 0 Å². The van der Waals surface area contributed by atoms with Crippen molar-refractivity contribution in [2.75, 3.05) is 14.7 Å². The number of para-hydroxylation sites is 4. The van der Waals surface area contributed by atoms with Gasteiger partial charge in [0, 0.05) is 51.3 Å². The molecule has 0 fully saturated rings. The molecule has 0 radical (unpaired) electrons. The first-order valence-electron chi connectivity index (χ1n) is 22.3. The molecule has 0 saturated carbocycles. The number of anilines is 6. The predicted octanol–water partition coefficient (Wildman–Crippen LogP) is 15.7. The van der Waals surface area contributed by atoms with Gasteiger partial charge in [0.25, 0.3) is 0 Å². The van der Waals surface area contributed by atoms with Crippen LogP contribution in [0.4, 0.5) is 34.1 Å². The fourth-order valence-corrected chi connectivity index (χ4v) is 9.27. The molecule has 3 aliphatic rings. The molecule has 3 unspecified atom stereocenters. The van der Waals surface area contributed by atoms with Crippen LogP contribution in [0.5, 0.6) is 0 Å². The number of benzene rings is 7. The second kappa shape index (κ2) is 18.6. The van der Waals surface area contributed by atoms with E-state index in [1.807, 2.05) is 0 Å². The fraction of sp³-hybridized carbons (Fsp3) is 0.100. The Kier molecular flexibility index (Phi) is 11.6. The second-order valence-electron chi connectivity index (χ2n) is 16.4. The van der Waals surface area contributed by atoms with Gasteiger partial charge in [-0.3, -0.25) is 0 Å². The molecule has 3 nitrogen and oxygen atoms in total. The molecule has 63 heavy (non-hydrogen) atoms. The molecule has 3 aliphatic carbocycles. The molecule has 0 aliphatic heterocycles. The van der Waals surface area contributed by atoms with Crippen LogP contribution in [0.25, 0.3) is 16.7 Å². The van der Waals surface area contributed by atoms with E-state index >= 15 is 0 Å². The van der Waals surface area contributed by atoms with E-state index in [0.29, 0.717) is 5.92 Å². The van der Waals surface area contributed by atoms with Gasteiger partial charge in [-0.1, -0.05) is 182 Å². The van der Waals surface area contributed by atoms with Crippen LogP contribution < -0.4 is 14.7 Å². The number of rotatable bonds is 12. The summed E-state index contributed by atoms with van der Waals surface area (Å²) in [5.41, 5.74) is 14.5. The highest BCUT2D eigenvalue weighted by Gasteiger charge is 2.25. The standard InChI is InChI=1S/C60H51N3/c1-6-18-50(19-7-1)59-28-16-17-29-60(59)63(57-42-34-48(35-43-57)46-30-38-55(39-31-46)61(51-20-8-2-9-21-51)52-22-10-3-11-23-52)58-44-36-49(37-45-58)47-32-40-56(41-33-47)62(53-24-12-4-13-25-53)54-26-14-5-15-27-54/h1-26,28-30,32-44,46,54,58H,27,31,45H2. The van der Waals surface area contributed by atoms with Crippen molar-refractivity contribution in [2.45, 2.75) is 37.3 Å². The summed E-state index contributed by atoms with van der Waals surface area (Å²) in [5, 5.41) is 0. The van der Waals surface area contributed by atoms with E-state index in [9.17, 15) is 0 Å². The largest absolute Gasteiger partial charge is 0.334 e. The molecule has 0 aromatic heterocycles. The summed E-state index contributed by atoms with van der Waals surface area (Å²) in [5.74, 6) is 0.295. The quantitative estimate of drug-likeness (QED) is 0.122. The minimum absolute atomic E-state index is 0.130. The summed E-state index contributed by atoms with van der Waals surface area (Å²) < 4.78 is 0. The second-order valence-corrected chi connectivity index (χ2v) is 16.4. The third-order valence-electron chi connectivity index (χ3n) is 12.4. The Morgan fingerprint density at radius 3 is 1.56 bits per heavy atom. The Labute approximate surface area is 372 Å². The highest BCUT2D eigenvalue weighted by atomic mass is 15.2. The zero-order chi connectivity index (χ0) is 42.2. The highest BCUT2D eigenvalue weighted by molar-refractivity contribution is 5.84. The van der Waals surface area contributed by atoms with Gasteiger partial charge in [0.15, 0.2) is 0 Å². The molecular formula is C60H51N3. The topological polar surface area (TPSA) is 9.72 Å². The van der Waals surface area contributed by atoms with E-state index in [2.05, 4.69) is 270 Å². The number of hydrogen-bond donors (Lipinski definition) is 0. The smallest absolute Gasteiger partial charge is 0.0560 e. The highest BCUT2D eigenvalue weighted by Crippen LogP contribution is 2.41. The molecule has 0 amide bonds. The van der Waals surface area contributed by atoms with Crippen molar-refractivity contribution in [2.24, 2.45) is 0 Å². The van der Waals surface area contributed by atoms with Gasteiger partial charge in [-0.05, 0) is 114 Å². The lowest BCUT2D eigenvalue weighted by molar-refractivity contribution is 0.784. The lowest BCUT2D eigenvalue weighted by atomic mass is 9.90. The van der Waals surface area contributed by atoms with Gasteiger partial charge in [0.1, 0.15) is 0 Å². The minimum Gasteiger partial charge on any atom is -0.334 e. The van der Waals surface area contributed by atoms with Crippen LogP contribution in [0.15, 0.2) is 261 Å². The summed E-state index contributed by atoms with van der Waals surface area (Å²) in [7, 11) is 0. The molecule has 0 bridgehead atoms. The Hall–Kier alpha value is -7.62. The average molecular weight is 814 g/mol. The molecule has 7 aromatic carbocycles. The van der Waals surface area contributed by atoms with Gasteiger partial charge in [-0.2, -0.15) is 0 Å². The van der Waals surface area contributed by atoms with Gasteiger partial charge in [0.05, 0.1) is 12.1 Å². The van der Waals surface area contributed by atoms with Crippen LogP contribution in [0.2, 0.25) is 0 Å². The Bertz CT molecular complexity index is 2760. The predicted molar refractivity (Wildman–Crippen MR) is 267 cm³/mol. The summed E-state index contributed by atoms with van der Waals surface area (Å²) in [6.45, 7) is 0. The van der Waals surface area contributed by atoms with Crippen LogP contribution in [-0.4, -0.2) is 12.1 Å². The normalized spacial score (nSPS) is 17.7. The summed E-state index contributed by atoms with van der Waals surface area (Å²) in [6.07, 6.45) is 25.8. The van der Waals surface area contributed by atoms with Crippen molar-refractivity contribution in [3.8, 4) is 11.1 Å². The molecule has 0 spiro atoms. The third kappa shape index (κ3) is 8.64.